The van der Waals surface area contributed by atoms with E-state index in [1.54, 1.807) is 16.9 Å². The lowest BCUT2D eigenvalue weighted by Crippen LogP contribution is -2.29. The molecule has 6 heteroatoms. The summed E-state index contributed by atoms with van der Waals surface area (Å²) in [5.74, 6) is -0.213. The van der Waals surface area contributed by atoms with Crippen molar-refractivity contribution in [2.45, 2.75) is 19.4 Å². The van der Waals surface area contributed by atoms with Crippen molar-refractivity contribution in [3.05, 3.63) is 47.5 Å². The van der Waals surface area contributed by atoms with Gasteiger partial charge in [0, 0.05) is 19.4 Å². The molecule has 0 unspecified atom stereocenters. The fraction of sp³-hybridized carbons (Fsp3) is 0.286. The quantitative estimate of drug-likeness (QED) is 0.913. The third-order valence-electron chi connectivity index (χ3n) is 3.07. The molecular weight excluding hydrogens is 254 g/mol. The Kier molecular flexibility index (Phi) is 4.11. The number of carbonyl (C=O) groups excluding carboxylic acids is 1. The summed E-state index contributed by atoms with van der Waals surface area (Å²) in [5, 5.41) is 15.7. The number of nitrogens with one attached hydrogen (secondary N) is 1. The maximum absolute atomic E-state index is 12.2. The van der Waals surface area contributed by atoms with Gasteiger partial charge < -0.3 is 5.32 Å². The van der Waals surface area contributed by atoms with E-state index in [4.69, 9.17) is 5.26 Å². The maximum Gasteiger partial charge on any atom is 0.253 e. The Bertz CT molecular complexity index is 638. The summed E-state index contributed by atoms with van der Waals surface area (Å²) in [6.45, 7) is 2.00. The van der Waals surface area contributed by atoms with Crippen molar-refractivity contribution in [1.82, 2.24) is 20.1 Å². The molecule has 0 aliphatic heterocycles. The van der Waals surface area contributed by atoms with Crippen LogP contribution in [0, 0.1) is 11.3 Å². The van der Waals surface area contributed by atoms with Gasteiger partial charge in [-0.05, 0) is 24.6 Å². The Morgan fingerprint density at radius 2 is 2.30 bits per heavy atom. The molecule has 0 saturated carbocycles. The Balaban J connectivity index is 2.13. The standard InChI is InChI=1S/C14H15N5O/c1-3-12(13-6-7-17-19(13)2)18-14(20)10-4-5-11(8-15)16-9-10/h4-7,9,12H,3H2,1-2H3,(H,18,20)/t12-/m0/s1. The van der Waals surface area contributed by atoms with Gasteiger partial charge in [0.2, 0.25) is 0 Å². The smallest absolute Gasteiger partial charge is 0.253 e. The Morgan fingerprint density at radius 3 is 2.80 bits per heavy atom. The molecule has 2 rings (SSSR count). The molecule has 0 aromatic carbocycles. The number of aromatic nitrogens is 3. The summed E-state index contributed by atoms with van der Waals surface area (Å²) in [7, 11) is 1.84. The number of amides is 1. The highest BCUT2D eigenvalue weighted by Crippen LogP contribution is 2.16. The van der Waals surface area contributed by atoms with Crippen LogP contribution in [0.1, 0.15) is 41.1 Å². The number of aryl methyl sites for hydroxylation is 1. The van der Waals surface area contributed by atoms with Crippen LogP contribution in [-0.2, 0) is 7.05 Å². The van der Waals surface area contributed by atoms with Gasteiger partial charge in [-0.25, -0.2) is 4.98 Å². The van der Waals surface area contributed by atoms with E-state index in [9.17, 15) is 4.79 Å². The number of carbonyl (C=O) groups is 1. The Morgan fingerprint density at radius 1 is 1.50 bits per heavy atom. The van der Waals surface area contributed by atoms with Gasteiger partial charge in [0.25, 0.3) is 5.91 Å². The van der Waals surface area contributed by atoms with E-state index in [0.29, 0.717) is 11.3 Å². The number of nitrogens with zero attached hydrogens (tertiary/aromatic N) is 4. The molecule has 0 fully saturated rings. The van der Waals surface area contributed by atoms with E-state index in [-0.39, 0.29) is 11.9 Å². The molecule has 0 aliphatic carbocycles. The number of hydrogen-bond donors (Lipinski definition) is 1. The third kappa shape index (κ3) is 2.83. The third-order valence-corrected chi connectivity index (χ3v) is 3.07. The van der Waals surface area contributed by atoms with E-state index in [1.165, 1.54) is 12.3 Å². The summed E-state index contributed by atoms with van der Waals surface area (Å²) >= 11 is 0. The van der Waals surface area contributed by atoms with Gasteiger partial charge in [0.05, 0.1) is 17.3 Å². The molecule has 1 atom stereocenters. The second kappa shape index (κ2) is 5.97. The molecule has 0 aliphatic rings. The molecule has 1 N–H and O–H groups in total. The lowest BCUT2D eigenvalue weighted by molar-refractivity contribution is 0.0933. The molecule has 2 aromatic heterocycles. The first-order chi connectivity index (χ1) is 9.65. The fourth-order valence-corrected chi connectivity index (χ4v) is 1.95. The monoisotopic (exact) mass is 269 g/mol. The van der Waals surface area contributed by atoms with Crippen molar-refractivity contribution >= 4 is 5.91 Å². The van der Waals surface area contributed by atoms with Crippen LogP contribution in [-0.4, -0.2) is 20.7 Å². The van der Waals surface area contributed by atoms with Crippen LogP contribution < -0.4 is 5.32 Å². The number of nitriles is 1. The highest BCUT2D eigenvalue weighted by atomic mass is 16.1. The normalized spacial score (nSPS) is 11.7. The van der Waals surface area contributed by atoms with Crippen molar-refractivity contribution in [2.75, 3.05) is 0 Å². The van der Waals surface area contributed by atoms with Gasteiger partial charge in [-0.3, -0.25) is 9.48 Å². The van der Waals surface area contributed by atoms with Gasteiger partial charge in [0.1, 0.15) is 11.8 Å². The van der Waals surface area contributed by atoms with Crippen molar-refractivity contribution in [1.29, 1.82) is 5.26 Å². The summed E-state index contributed by atoms with van der Waals surface area (Å²) in [6.07, 6.45) is 3.87. The van der Waals surface area contributed by atoms with E-state index < -0.39 is 0 Å². The zero-order valence-corrected chi connectivity index (χ0v) is 11.4. The zero-order valence-electron chi connectivity index (χ0n) is 11.4. The molecule has 20 heavy (non-hydrogen) atoms. The predicted octanol–water partition coefficient (Wildman–Crippen LogP) is 1.57. The number of pyridine rings is 1. The minimum atomic E-state index is -0.213. The largest absolute Gasteiger partial charge is 0.344 e. The Hall–Kier alpha value is -2.68. The van der Waals surface area contributed by atoms with Crippen molar-refractivity contribution in [2.24, 2.45) is 7.05 Å². The fourth-order valence-electron chi connectivity index (χ4n) is 1.95. The summed E-state index contributed by atoms with van der Waals surface area (Å²) in [5.41, 5.74) is 1.67. The van der Waals surface area contributed by atoms with Gasteiger partial charge in [-0.1, -0.05) is 6.92 Å². The molecule has 6 nitrogen and oxygen atoms in total. The van der Waals surface area contributed by atoms with Crippen LogP contribution >= 0.6 is 0 Å². The highest BCUT2D eigenvalue weighted by Gasteiger charge is 2.16. The predicted molar refractivity (Wildman–Crippen MR) is 72.7 cm³/mol. The SMILES string of the molecule is CC[C@H](NC(=O)c1ccc(C#N)nc1)c1ccnn1C. The van der Waals surface area contributed by atoms with Crippen LogP contribution in [0.25, 0.3) is 0 Å². The van der Waals surface area contributed by atoms with E-state index in [0.717, 1.165) is 12.1 Å². The lowest BCUT2D eigenvalue weighted by atomic mass is 10.1. The topological polar surface area (TPSA) is 83.6 Å². The van der Waals surface area contributed by atoms with Crippen molar-refractivity contribution < 1.29 is 4.79 Å². The average molecular weight is 269 g/mol. The lowest BCUT2D eigenvalue weighted by Gasteiger charge is -2.17. The molecule has 2 heterocycles. The van der Waals surface area contributed by atoms with Crippen molar-refractivity contribution in [3.63, 3.8) is 0 Å². The maximum atomic E-state index is 12.2. The minimum absolute atomic E-state index is 0.106. The molecular formula is C14H15N5O. The first-order valence-corrected chi connectivity index (χ1v) is 6.30. The zero-order chi connectivity index (χ0) is 14.5. The number of rotatable bonds is 4. The molecule has 0 bridgehead atoms. The minimum Gasteiger partial charge on any atom is -0.344 e. The first kappa shape index (κ1) is 13.7. The van der Waals surface area contributed by atoms with Crippen molar-refractivity contribution in [3.8, 4) is 6.07 Å². The number of hydrogen-bond acceptors (Lipinski definition) is 4. The van der Waals surface area contributed by atoms with Gasteiger partial charge in [-0.15, -0.1) is 0 Å². The molecule has 0 saturated heterocycles. The first-order valence-electron chi connectivity index (χ1n) is 6.30. The average Bonchev–Trinajstić information content (AvgIpc) is 2.90. The van der Waals surface area contributed by atoms with E-state index >= 15 is 0 Å². The Labute approximate surface area is 117 Å². The summed E-state index contributed by atoms with van der Waals surface area (Å²) in [4.78, 5) is 16.0. The van der Waals surface area contributed by atoms with Gasteiger partial charge in [0.15, 0.2) is 0 Å². The second-order valence-electron chi connectivity index (χ2n) is 4.36. The molecule has 1 amide bonds. The molecule has 102 valence electrons. The van der Waals surface area contributed by atoms with E-state index in [2.05, 4.69) is 15.4 Å². The van der Waals surface area contributed by atoms with Crippen LogP contribution in [0.3, 0.4) is 0 Å². The molecule has 0 radical (unpaired) electrons. The van der Waals surface area contributed by atoms with Gasteiger partial charge >= 0.3 is 0 Å². The van der Waals surface area contributed by atoms with Crippen LogP contribution in [0.4, 0.5) is 0 Å². The van der Waals surface area contributed by atoms with Crippen LogP contribution in [0.15, 0.2) is 30.6 Å². The molecule has 2 aromatic rings. The summed E-state index contributed by atoms with van der Waals surface area (Å²) < 4.78 is 1.74. The van der Waals surface area contributed by atoms with Crippen LogP contribution in [0.5, 0.6) is 0 Å². The highest BCUT2D eigenvalue weighted by molar-refractivity contribution is 5.94. The van der Waals surface area contributed by atoms with Crippen LogP contribution in [0.2, 0.25) is 0 Å². The van der Waals surface area contributed by atoms with Gasteiger partial charge in [-0.2, -0.15) is 10.4 Å². The second-order valence-corrected chi connectivity index (χ2v) is 4.36. The van der Waals surface area contributed by atoms with E-state index in [1.807, 2.05) is 26.1 Å². The molecule has 0 spiro atoms. The summed E-state index contributed by atoms with van der Waals surface area (Å²) in [6, 6.07) is 6.82.